The first-order valence-electron chi connectivity index (χ1n) is 5.59. The Labute approximate surface area is 110 Å². The average Bonchev–Trinajstić information content (AvgIpc) is 2.68. The first-order chi connectivity index (χ1) is 8.58. The predicted octanol–water partition coefficient (Wildman–Crippen LogP) is 3.06. The first kappa shape index (κ1) is 12.6. The Morgan fingerprint density at radius 3 is 2.94 bits per heavy atom. The minimum Gasteiger partial charge on any atom is -0.481 e. The lowest BCUT2D eigenvalue weighted by Crippen LogP contribution is -1.99. The van der Waals surface area contributed by atoms with E-state index >= 15 is 0 Å². The third-order valence-electron chi connectivity index (χ3n) is 2.71. The third-order valence-corrected chi connectivity index (χ3v) is 2.95. The lowest BCUT2D eigenvalue weighted by atomic mass is 10.0. The van der Waals surface area contributed by atoms with Gasteiger partial charge in [0, 0.05) is 22.7 Å². The molecule has 0 aliphatic heterocycles. The molecule has 0 aliphatic rings. The zero-order chi connectivity index (χ0) is 13.1. The molecule has 0 saturated carbocycles. The number of aliphatic carboxylic acids is 1. The Morgan fingerprint density at radius 1 is 1.50 bits per heavy atom. The Morgan fingerprint density at radius 2 is 2.28 bits per heavy atom. The summed E-state index contributed by atoms with van der Waals surface area (Å²) in [6, 6.07) is 7.46. The summed E-state index contributed by atoms with van der Waals surface area (Å²) in [6.45, 7) is 1.91. The van der Waals surface area contributed by atoms with Crippen LogP contribution in [0.1, 0.15) is 17.8 Å². The van der Waals surface area contributed by atoms with Crippen LogP contribution >= 0.6 is 11.6 Å². The fourth-order valence-electron chi connectivity index (χ4n) is 1.91. The standard InChI is InChI=1S/C13H13ClN2O2/c1-8-13(9-3-2-4-10(14)7-9)11(16-15-8)5-6-12(17)18/h2-4,7H,5-6H2,1H3,(H,15,16)(H,17,18). The van der Waals surface area contributed by atoms with Crippen molar-refractivity contribution < 1.29 is 9.90 Å². The summed E-state index contributed by atoms with van der Waals surface area (Å²) in [4.78, 5) is 10.6. The van der Waals surface area contributed by atoms with Gasteiger partial charge in [0.05, 0.1) is 12.1 Å². The number of hydrogen-bond donors (Lipinski definition) is 2. The fraction of sp³-hybridized carbons (Fsp3) is 0.231. The number of carboxylic acid groups (broad SMARTS) is 1. The van der Waals surface area contributed by atoms with Crippen LogP contribution in [0.25, 0.3) is 11.1 Å². The molecule has 1 aromatic carbocycles. The summed E-state index contributed by atoms with van der Waals surface area (Å²) in [7, 11) is 0. The van der Waals surface area contributed by atoms with Gasteiger partial charge >= 0.3 is 5.97 Å². The highest BCUT2D eigenvalue weighted by Gasteiger charge is 2.13. The molecule has 18 heavy (non-hydrogen) atoms. The topological polar surface area (TPSA) is 66.0 Å². The molecule has 4 nitrogen and oxygen atoms in total. The molecule has 2 rings (SSSR count). The van der Waals surface area contributed by atoms with Gasteiger partial charge in [-0.25, -0.2) is 0 Å². The number of rotatable bonds is 4. The van der Waals surface area contributed by atoms with Crippen molar-refractivity contribution in [3.8, 4) is 11.1 Å². The summed E-state index contributed by atoms with van der Waals surface area (Å²) in [5.41, 5.74) is 3.57. The normalized spacial score (nSPS) is 10.6. The summed E-state index contributed by atoms with van der Waals surface area (Å²) < 4.78 is 0. The fourth-order valence-corrected chi connectivity index (χ4v) is 2.10. The Balaban J connectivity index is 2.37. The first-order valence-corrected chi connectivity index (χ1v) is 5.97. The second-order valence-electron chi connectivity index (χ2n) is 4.07. The Hall–Kier alpha value is -1.81. The van der Waals surface area contributed by atoms with Crippen LogP contribution in [0.4, 0.5) is 0 Å². The van der Waals surface area contributed by atoms with Crippen LogP contribution in [0.3, 0.4) is 0 Å². The van der Waals surface area contributed by atoms with E-state index in [9.17, 15) is 4.79 Å². The van der Waals surface area contributed by atoms with Gasteiger partial charge in [0.1, 0.15) is 0 Å². The van der Waals surface area contributed by atoms with Crippen molar-refractivity contribution in [2.24, 2.45) is 0 Å². The molecule has 0 unspecified atom stereocenters. The third kappa shape index (κ3) is 2.71. The van der Waals surface area contributed by atoms with Crippen LogP contribution in [-0.2, 0) is 11.2 Å². The maximum absolute atomic E-state index is 10.6. The number of carbonyl (C=O) groups is 1. The van der Waals surface area contributed by atoms with Crippen molar-refractivity contribution >= 4 is 17.6 Å². The van der Waals surface area contributed by atoms with E-state index in [4.69, 9.17) is 16.7 Å². The van der Waals surface area contributed by atoms with E-state index in [1.165, 1.54) is 0 Å². The van der Waals surface area contributed by atoms with Crippen molar-refractivity contribution in [3.63, 3.8) is 0 Å². The highest BCUT2D eigenvalue weighted by molar-refractivity contribution is 6.30. The van der Waals surface area contributed by atoms with Gasteiger partial charge in [0.15, 0.2) is 0 Å². The van der Waals surface area contributed by atoms with Crippen molar-refractivity contribution in [1.82, 2.24) is 10.2 Å². The summed E-state index contributed by atoms with van der Waals surface area (Å²) in [6.07, 6.45) is 0.472. The van der Waals surface area contributed by atoms with Crippen LogP contribution in [0.2, 0.25) is 5.02 Å². The molecule has 0 atom stereocenters. The summed E-state index contributed by atoms with van der Waals surface area (Å²) in [5.74, 6) is -0.826. The van der Waals surface area contributed by atoms with E-state index in [1.54, 1.807) is 6.07 Å². The number of carboxylic acids is 1. The van der Waals surface area contributed by atoms with E-state index in [1.807, 2.05) is 25.1 Å². The van der Waals surface area contributed by atoms with Crippen LogP contribution in [0.15, 0.2) is 24.3 Å². The van der Waals surface area contributed by atoms with Gasteiger partial charge in [-0.15, -0.1) is 0 Å². The molecule has 94 valence electrons. The van der Waals surface area contributed by atoms with Crippen molar-refractivity contribution in [3.05, 3.63) is 40.7 Å². The summed E-state index contributed by atoms with van der Waals surface area (Å²) in [5, 5.41) is 16.4. The van der Waals surface area contributed by atoms with Crippen LogP contribution in [-0.4, -0.2) is 21.3 Å². The maximum Gasteiger partial charge on any atom is 0.303 e. The number of H-pyrrole nitrogens is 1. The lowest BCUT2D eigenvalue weighted by molar-refractivity contribution is -0.136. The number of benzene rings is 1. The molecule has 1 aromatic heterocycles. The summed E-state index contributed by atoms with van der Waals surface area (Å²) >= 11 is 5.97. The zero-order valence-corrected chi connectivity index (χ0v) is 10.7. The van der Waals surface area contributed by atoms with Gasteiger partial charge in [-0.3, -0.25) is 9.89 Å². The second-order valence-corrected chi connectivity index (χ2v) is 4.51. The van der Waals surface area contributed by atoms with Gasteiger partial charge in [0.2, 0.25) is 0 Å². The Bertz CT molecular complexity index is 578. The molecule has 5 heteroatoms. The number of nitrogens with zero attached hydrogens (tertiary/aromatic N) is 1. The molecule has 0 radical (unpaired) electrons. The van der Waals surface area contributed by atoms with Crippen molar-refractivity contribution in [2.75, 3.05) is 0 Å². The van der Waals surface area contributed by atoms with E-state index in [0.29, 0.717) is 11.4 Å². The van der Waals surface area contributed by atoms with Gasteiger partial charge in [-0.1, -0.05) is 23.7 Å². The SMILES string of the molecule is Cc1[nH]nc(CCC(=O)O)c1-c1cccc(Cl)c1. The molecular weight excluding hydrogens is 252 g/mol. The molecule has 0 bridgehead atoms. The molecule has 0 amide bonds. The molecule has 2 aromatic rings. The maximum atomic E-state index is 10.6. The molecular formula is C13H13ClN2O2. The molecule has 0 fully saturated rings. The van der Waals surface area contributed by atoms with Gasteiger partial charge in [-0.2, -0.15) is 5.10 Å². The van der Waals surface area contributed by atoms with E-state index in [0.717, 1.165) is 22.5 Å². The second kappa shape index (κ2) is 5.23. The monoisotopic (exact) mass is 264 g/mol. The van der Waals surface area contributed by atoms with Crippen LogP contribution in [0.5, 0.6) is 0 Å². The van der Waals surface area contributed by atoms with E-state index in [2.05, 4.69) is 10.2 Å². The molecule has 0 saturated heterocycles. The molecule has 0 spiro atoms. The number of nitrogens with one attached hydrogen (secondary N) is 1. The number of aryl methyl sites for hydroxylation is 2. The average molecular weight is 265 g/mol. The van der Waals surface area contributed by atoms with E-state index < -0.39 is 5.97 Å². The number of aromatic nitrogens is 2. The highest BCUT2D eigenvalue weighted by Crippen LogP contribution is 2.28. The number of hydrogen-bond acceptors (Lipinski definition) is 2. The van der Waals surface area contributed by atoms with Gasteiger partial charge in [0.25, 0.3) is 0 Å². The smallest absolute Gasteiger partial charge is 0.303 e. The molecule has 1 heterocycles. The Kier molecular flexibility index (Phi) is 3.67. The van der Waals surface area contributed by atoms with Crippen LogP contribution < -0.4 is 0 Å². The molecule has 0 aliphatic carbocycles. The lowest BCUT2D eigenvalue weighted by Gasteiger charge is -2.04. The molecule has 2 N–H and O–H groups in total. The quantitative estimate of drug-likeness (QED) is 0.892. The highest BCUT2D eigenvalue weighted by atomic mass is 35.5. The largest absolute Gasteiger partial charge is 0.481 e. The number of halogens is 1. The van der Waals surface area contributed by atoms with Crippen LogP contribution in [0, 0.1) is 6.92 Å². The van der Waals surface area contributed by atoms with Gasteiger partial charge < -0.3 is 5.11 Å². The number of aromatic amines is 1. The predicted molar refractivity (Wildman–Crippen MR) is 69.7 cm³/mol. The van der Waals surface area contributed by atoms with Gasteiger partial charge in [-0.05, 0) is 24.6 Å². The zero-order valence-electron chi connectivity index (χ0n) is 9.90. The minimum atomic E-state index is -0.826. The van der Waals surface area contributed by atoms with E-state index in [-0.39, 0.29) is 6.42 Å². The van der Waals surface area contributed by atoms with Crippen molar-refractivity contribution in [1.29, 1.82) is 0 Å². The van der Waals surface area contributed by atoms with Crippen molar-refractivity contribution in [2.45, 2.75) is 19.8 Å². The minimum absolute atomic E-state index is 0.0673.